The van der Waals surface area contributed by atoms with E-state index in [1.165, 1.54) is 17.0 Å². The van der Waals surface area contributed by atoms with Gasteiger partial charge in [-0.2, -0.15) is 13.2 Å². The van der Waals surface area contributed by atoms with Crippen LogP contribution in [0.4, 0.5) is 18.0 Å². The van der Waals surface area contributed by atoms with Crippen molar-refractivity contribution in [3.05, 3.63) is 41.6 Å². The highest BCUT2D eigenvalue weighted by molar-refractivity contribution is 7.91. The molecule has 1 spiro atoms. The number of ether oxygens (including phenoxy) is 2. The van der Waals surface area contributed by atoms with Crippen molar-refractivity contribution in [1.29, 1.82) is 0 Å². The lowest BCUT2D eigenvalue weighted by atomic mass is 9.87. The Labute approximate surface area is 315 Å². The van der Waals surface area contributed by atoms with Crippen LogP contribution in [0.5, 0.6) is 11.5 Å². The second kappa shape index (κ2) is 13.8. The summed E-state index contributed by atoms with van der Waals surface area (Å²) in [5.41, 5.74) is -1.10. The minimum atomic E-state index is -4.54. The predicted octanol–water partition coefficient (Wildman–Crippen LogP) is 4.18. The topological polar surface area (TPSA) is 193 Å². The molecule has 1 aromatic carbocycles. The first-order valence-corrected chi connectivity index (χ1v) is 20.0. The molecule has 1 saturated heterocycles. The van der Waals surface area contributed by atoms with E-state index in [0.717, 1.165) is 6.42 Å². The number of hydrogen-bond acceptors (Lipinski definition) is 9. The van der Waals surface area contributed by atoms with Crippen LogP contribution in [0.3, 0.4) is 0 Å². The summed E-state index contributed by atoms with van der Waals surface area (Å²) in [7, 11) is -4.05. The molecule has 2 aromatic rings. The molecule has 4 heterocycles. The summed E-state index contributed by atoms with van der Waals surface area (Å²) in [6.07, 6.45) is 1.94. The number of benzene rings is 1. The summed E-state index contributed by atoms with van der Waals surface area (Å²) in [4.78, 5) is 60.4. The molecule has 5 aliphatic rings. The Morgan fingerprint density at radius 1 is 1.15 bits per heavy atom. The summed E-state index contributed by atoms with van der Waals surface area (Å²) >= 11 is 0. The van der Waals surface area contributed by atoms with Crippen LogP contribution < -0.4 is 24.8 Å². The van der Waals surface area contributed by atoms with Crippen LogP contribution >= 0.6 is 0 Å². The molecule has 14 nitrogen and oxygen atoms in total. The standard InChI is InChI=1S/C37H44F3N5O9S/c1-21-29-24(25-16-23(10-11-26(25)41-21)53-20-37(38,39)40)12-13-35(54-29)18-28-30(46)43-36(32(48)44-55(51,52)34(2)14-15-34)17-22(36)8-6-4-3-5-7-9-27(42-33(49)50)31(47)45(28)19-35/h6,8,10-11,16,22,27-28,42H,3-5,7,9,12-15,17-20H2,1-2H3,(H,43,46)(H,44,48)(H,49,50)/b8-6-/t22-,27+,28+,35-,36-/m1/s1. The number of aromatic nitrogens is 1. The lowest BCUT2D eigenvalue weighted by molar-refractivity contribution is -0.153. The number of nitrogens with zero attached hydrogens (tertiary/aromatic N) is 2. The molecule has 3 fully saturated rings. The van der Waals surface area contributed by atoms with Crippen molar-refractivity contribution < 1.29 is 55.3 Å². The number of aryl methyl sites for hydroxylation is 2. The molecule has 18 heteroatoms. The fraction of sp³-hybridized carbons (Fsp3) is 0.595. The van der Waals surface area contributed by atoms with Gasteiger partial charge in [0.15, 0.2) is 6.61 Å². The van der Waals surface area contributed by atoms with Crippen LogP contribution in [-0.2, 0) is 30.8 Å². The van der Waals surface area contributed by atoms with E-state index in [1.54, 1.807) is 26.0 Å². The quantitative estimate of drug-likeness (QED) is 0.309. The number of halogens is 3. The van der Waals surface area contributed by atoms with Crippen molar-refractivity contribution in [1.82, 2.24) is 25.2 Å². The van der Waals surface area contributed by atoms with Crippen LogP contribution in [-0.4, -0.2) is 94.5 Å². The minimum absolute atomic E-state index is 0.00537. The van der Waals surface area contributed by atoms with Gasteiger partial charge in [-0.25, -0.2) is 18.2 Å². The normalized spacial score (nSPS) is 29.7. The van der Waals surface area contributed by atoms with Gasteiger partial charge in [-0.05, 0) is 83.4 Å². The van der Waals surface area contributed by atoms with Crippen LogP contribution in [0.25, 0.3) is 10.9 Å². The number of alkyl halides is 3. The highest BCUT2D eigenvalue weighted by Gasteiger charge is 2.64. The van der Waals surface area contributed by atoms with Gasteiger partial charge in [0, 0.05) is 23.3 Å². The maximum absolute atomic E-state index is 14.5. The fourth-order valence-corrected chi connectivity index (χ4v) is 9.39. The number of carboxylic acid groups (broad SMARTS) is 1. The number of pyridine rings is 1. The van der Waals surface area contributed by atoms with Crippen molar-refractivity contribution in [2.45, 2.75) is 119 Å². The Kier molecular flexibility index (Phi) is 9.73. The number of carbonyl (C=O) groups is 4. The van der Waals surface area contributed by atoms with Gasteiger partial charge in [-0.1, -0.05) is 25.0 Å². The predicted molar refractivity (Wildman–Crippen MR) is 191 cm³/mol. The van der Waals surface area contributed by atoms with Gasteiger partial charge in [0.1, 0.15) is 34.7 Å². The molecule has 4 N–H and O–H groups in total. The summed E-state index contributed by atoms with van der Waals surface area (Å²) in [5, 5.41) is 15.3. The molecule has 3 aliphatic heterocycles. The van der Waals surface area contributed by atoms with Crippen molar-refractivity contribution in [2.75, 3.05) is 13.2 Å². The number of nitrogens with one attached hydrogen (secondary N) is 3. The zero-order chi connectivity index (χ0) is 39.6. The molecule has 7 rings (SSSR count). The first-order chi connectivity index (χ1) is 25.8. The molecule has 5 atom stereocenters. The molecule has 0 unspecified atom stereocenters. The molecule has 2 saturated carbocycles. The van der Waals surface area contributed by atoms with Gasteiger partial charge >= 0.3 is 12.3 Å². The highest BCUT2D eigenvalue weighted by Crippen LogP contribution is 2.49. The largest absolute Gasteiger partial charge is 0.484 e. The summed E-state index contributed by atoms with van der Waals surface area (Å²) in [6.45, 7) is 1.66. The lowest BCUT2D eigenvalue weighted by Gasteiger charge is -2.36. The fourth-order valence-electron chi connectivity index (χ4n) is 8.07. The maximum atomic E-state index is 14.5. The van der Waals surface area contributed by atoms with E-state index < -0.39 is 80.5 Å². The summed E-state index contributed by atoms with van der Waals surface area (Å²) in [5.74, 6) is -2.38. The smallest absolute Gasteiger partial charge is 0.422 e. The van der Waals surface area contributed by atoms with E-state index in [0.29, 0.717) is 66.4 Å². The Morgan fingerprint density at radius 3 is 2.62 bits per heavy atom. The second-order valence-electron chi connectivity index (χ2n) is 15.8. The molecule has 2 aliphatic carbocycles. The Hall–Kier alpha value is -4.61. The van der Waals surface area contributed by atoms with E-state index >= 15 is 0 Å². The molecular weight excluding hydrogens is 747 g/mol. The van der Waals surface area contributed by atoms with E-state index in [1.807, 2.05) is 6.08 Å². The third kappa shape index (κ3) is 7.65. The van der Waals surface area contributed by atoms with Gasteiger partial charge in [-0.15, -0.1) is 0 Å². The SMILES string of the molecule is Cc1nc2ccc(OCC(F)(F)F)cc2c2c1O[C@]1(CC2)C[C@H]2C(=O)N[C@]3(C(=O)NS(=O)(=O)C4(C)CC4)C[C@H]3/C=C\CCCCC[C@H](NC(=O)O)C(=O)N2C1. The number of fused-ring (bicyclic) bond motifs is 5. The number of rotatable bonds is 6. The number of carbonyl (C=O) groups excluding carboxylic acids is 3. The minimum Gasteiger partial charge on any atom is -0.484 e. The molecule has 0 radical (unpaired) electrons. The first-order valence-electron chi connectivity index (χ1n) is 18.5. The highest BCUT2D eigenvalue weighted by atomic mass is 32.2. The number of allylic oxidation sites excluding steroid dienone is 1. The van der Waals surface area contributed by atoms with E-state index in [9.17, 15) is 45.9 Å². The number of sulfonamides is 1. The van der Waals surface area contributed by atoms with Gasteiger partial charge in [0.2, 0.25) is 21.8 Å². The average Bonchev–Trinajstić information content (AvgIpc) is 4.00. The van der Waals surface area contributed by atoms with E-state index in [4.69, 9.17) is 9.47 Å². The first kappa shape index (κ1) is 38.7. The zero-order valence-electron chi connectivity index (χ0n) is 30.5. The summed E-state index contributed by atoms with van der Waals surface area (Å²) in [6, 6.07) is 2.02. The Bertz CT molecular complexity index is 2070. The molecular formula is C37H44F3N5O9S. The number of amides is 4. The summed E-state index contributed by atoms with van der Waals surface area (Å²) < 4.78 is 77.8. The van der Waals surface area contributed by atoms with Crippen molar-refractivity contribution in [3.8, 4) is 11.5 Å². The van der Waals surface area contributed by atoms with Gasteiger partial charge in [0.05, 0.1) is 22.5 Å². The van der Waals surface area contributed by atoms with E-state index in [2.05, 4.69) is 20.3 Å². The van der Waals surface area contributed by atoms with Crippen LogP contribution in [0, 0.1) is 12.8 Å². The van der Waals surface area contributed by atoms with Crippen LogP contribution in [0.1, 0.15) is 82.4 Å². The van der Waals surface area contributed by atoms with E-state index in [-0.39, 0.29) is 38.0 Å². The number of hydrogen-bond donors (Lipinski definition) is 4. The molecule has 298 valence electrons. The monoisotopic (exact) mass is 791 g/mol. The molecule has 0 bridgehead atoms. The van der Waals surface area contributed by atoms with Crippen LogP contribution in [0.15, 0.2) is 30.4 Å². The van der Waals surface area contributed by atoms with Crippen molar-refractivity contribution >= 4 is 44.7 Å². The van der Waals surface area contributed by atoms with Gasteiger partial charge in [0.25, 0.3) is 5.91 Å². The molecule has 1 aromatic heterocycles. The Morgan fingerprint density at radius 2 is 1.91 bits per heavy atom. The van der Waals surface area contributed by atoms with Gasteiger partial charge < -0.3 is 30.1 Å². The van der Waals surface area contributed by atoms with Crippen molar-refractivity contribution in [3.63, 3.8) is 0 Å². The Balaban J connectivity index is 1.22. The lowest BCUT2D eigenvalue weighted by Crippen LogP contribution is -2.58. The third-order valence-electron chi connectivity index (χ3n) is 11.6. The van der Waals surface area contributed by atoms with Crippen LogP contribution in [0.2, 0.25) is 0 Å². The van der Waals surface area contributed by atoms with Crippen molar-refractivity contribution in [2.24, 2.45) is 5.92 Å². The molecule has 55 heavy (non-hydrogen) atoms. The molecule has 4 amide bonds. The maximum Gasteiger partial charge on any atom is 0.422 e. The average molecular weight is 792 g/mol. The zero-order valence-corrected chi connectivity index (χ0v) is 31.3. The second-order valence-corrected chi connectivity index (χ2v) is 18.0. The van der Waals surface area contributed by atoms with Gasteiger partial charge in [-0.3, -0.25) is 19.1 Å². The third-order valence-corrected chi connectivity index (χ3v) is 13.8.